The largest absolute Gasteiger partial charge is 0.493 e. The Morgan fingerprint density at radius 2 is 1.83 bits per heavy atom. The predicted molar refractivity (Wildman–Crippen MR) is 114 cm³/mol. The Morgan fingerprint density at radius 1 is 1.00 bits per heavy atom. The molecule has 8 heteroatoms. The molecule has 0 radical (unpaired) electrons. The second-order valence-electron chi connectivity index (χ2n) is 6.13. The molecule has 4 rings (SSSR count). The van der Waals surface area contributed by atoms with E-state index in [0.717, 1.165) is 34.6 Å². The molecule has 0 aliphatic heterocycles. The molecule has 148 valence electrons. The van der Waals surface area contributed by atoms with Crippen molar-refractivity contribution in [1.82, 2.24) is 20.1 Å². The summed E-state index contributed by atoms with van der Waals surface area (Å²) in [6.45, 7) is 5.35. The number of hydrogen-bond donors (Lipinski definition) is 1. The zero-order valence-electron chi connectivity index (χ0n) is 16.3. The van der Waals surface area contributed by atoms with Gasteiger partial charge in [0.25, 0.3) is 0 Å². The van der Waals surface area contributed by atoms with Crippen LogP contribution in [0.1, 0.15) is 19.7 Å². The standard InChI is InChI=1S/C21H21N5O2S/c1-3-22-19-14-9-5-7-11-16(14)23-21(25-19)29-13-18-24-20(26-28-18)15-10-6-8-12-17(15)27-4-2/h5-12H,3-4,13H2,1-2H3,(H,22,23,25). The van der Waals surface area contributed by atoms with Crippen LogP contribution in [-0.2, 0) is 5.75 Å². The zero-order valence-corrected chi connectivity index (χ0v) is 17.1. The fourth-order valence-corrected chi connectivity index (χ4v) is 3.59. The minimum atomic E-state index is 0.480. The van der Waals surface area contributed by atoms with Crippen LogP contribution in [0.25, 0.3) is 22.3 Å². The molecule has 2 aromatic carbocycles. The number of thioether (sulfide) groups is 1. The summed E-state index contributed by atoms with van der Waals surface area (Å²) in [5.41, 5.74) is 1.71. The molecule has 0 saturated carbocycles. The number of benzene rings is 2. The van der Waals surface area contributed by atoms with E-state index in [4.69, 9.17) is 9.26 Å². The number of ether oxygens (including phenoxy) is 1. The van der Waals surface area contributed by atoms with Crippen molar-refractivity contribution < 1.29 is 9.26 Å². The van der Waals surface area contributed by atoms with Crippen LogP contribution < -0.4 is 10.1 Å². The van der Waals surface area contributed by atoms with E-state index < -0.39 is 0 Å². The smallest absolute Gasteiger partial charge is 0.237 e. The molecule has 0 atom stereocenters. The van der Waals surface area contributed by atoms with Gasteiger partial charge in [0.05, 0.1) is 23.4 Å². The van der Waals surface area contributed by atoms with Gasteiger partial charge in [-0.15, -0.1) is 0 Å². The topological polar surface area (TPSA) is 86.0 Å². The number of hydrogen-bond acceptors (Lipinski definition) is 8. The van der Waals surface area contributed by atoms with Crippen LogP contribution in [0.2, 0.25) is 0 Å². The Kier molecular flexibility index (Phi) is 5.90. The van der Waals surface area contributed by atoms with Crippen LogP contribution >= 0.6 is 11.8 Å². The van der Waals surface area contributed by atoms with Crippen LogP contribution in [0.5, 0.6) is 5.75 Å². The molecule has 2 aromatic heterocycles. The Balaban J connectivity index is 1.53. The lowest BCUT2D eigenvalue weighted by molar-refractivity contribution is 0.341. The maximum atomic E-state index is 5.65. The van der Waals surface area contributed by atoms with Crippen molar-refractivity contribution in [3.05, 3.63) is 54.4 Å². The quantitative estimate of drug-likeness (QED) is 0.329. The molecule has 1 N–H and O–H groups in total. The van der Waals surface area contributed by atoms with Crippen LogP contribution in [0.3, 0.4) is 0 Å². The van der Waals surface area contributed by atoms with Crippen LogP contribution in [0, 0.1) is 0 Å². The van der Waals surface area contributed by atoms with E-state index in [1.807, 2.05) is 62.4 Å². The molecule has 0 amide bonds. The zero-order chi connectivity index (χ0) is 20.1. The van der Waals surface area contributed by atoms with E-state index in [1.165, 1.54) is 11.8 Å². The summed E-state index contributed by atoms with van der Waals surface area (Å²) in [6, 6.07) is 15.6. The fraction of sp³-hybridized carbons (Fsp3) is 0.238. The minimum Gasteiger partial charge on any atom is -0.493 e. The third kappa shape index (κ3) is 4.32. The third-order valence-electron chi connectivity index (χ3n) is 4.15. The van der Waals surface area contributed by atoms with Gasteiger partial charge >= 0.3 is 0 Å². The van der Waals surface area contributed by atoms with Gasteiger partial charge in [-0.05, 0) is 38.1 Å². The summed E-state index contributed by atoms with van der Waals surface area (Å²) in [7, 11) is 0. The maximum Gasteiger partial charge on any atom is 0.237 e. The molecule has 4 aromatic rings. The molecule has 0 spiro atoms. The van der Waals surface area contributed by atoms with Crippen molar-refractivity contribution in [1.29, 1.82) is 0 Å². The van der Waals surface area contributed by atoms with Gasteiger partial charge in [-0.1, -0.05) is 41.2 Å². The normalized spacial score (nSPS) is 11.0. The highest BCUT2D eigenvalue weighted by Crippen LogP contribution is 2.29. The van der Waals surface area contributed by atoms with Crippen LogP contribution in [-0.4, -0.2) is 33.3 Å². The number of nitrogens with one attached hydrogen (secondary N) is 1. The monoisotopic (exact) mass is 407 g/mol. The molecule has 0 aliphatic rings. The SMILES string of the molecule is CCNc1nc(SCc2nc(-c3ccccc3OCC)no2)nc2ccccc12. The highest BCUT2D eigenvalue weighted by Gasteiger charge is 2.14. The lowest BCUT2D eigenvalue weighted by Gasteiger charge is -2.08. The van der Waals surface area contributed by atoms with Crippen molar-refractivity contribution in [2.24, 2.45) is 0 Å². The minimum absolute atomic E-state index is 0.480. The first-order valence-electron chi connectivity index (χ1n) is 9.46. The van der Waals surface area contributed by atoms with Gasteiger partial charge in [0.2, 0.25) is 11.7 Å². The van der Waals surface area contributed by atoms with E-state index in [9.17, 15) is 0 Å². The van der Waals surface area contributed by atoms with Gasteiger partial charge in [-0.2, -0.15) is 4.98 Å². The molecule has 29 heavy (non-hydrogen) atoms. The van der Waals surface area contributed by atoms with Gasteiger partial charge in [-0.3, -0.25) is 0 Å². The van der Waals surface area contributed by atoms with Gasteiger partial charge in [0.1, 0.15) is 11.6 Å². The Hall–Kier alpha value is -3.13. The summed E-state index contributed by atoms with van der Waals surface area (Å²) < 4.78 is 11.1. The van der Waals surface area contributed by atoms with Crippen LogP contribution in [0.4, 0.5) is 5.82 Å². The number of anilines is 1. The summed E-state index contributed by atoms with van der Waals surface area (Å²) in [5, 5.41) is 9.08. The van der Waals surface area contributed by atoms with Crippen molar-refractivity contribution in [2.45, 2.75) is 24.8 Å². The molecule has 0 unspecified atom stereocenters. The number of fused-ring (bicyclic) bond motifs is 1. The Labute approximate surface area is 172 Å². The van der Waals surface area contributed by atoms with Crippen LogP contribution in [0.15, 0.2) is 58.2 Å². The number of para-hydroxylation sites is 2. The van der Waals surface area contributed by atoms with Crippen molar-refractivity contribution >= 4 is 28.5 Å². The van der Waals surface area contributed by atoms with Gasteiger partial charge in [-0.25, -0.2) is 9.97 Å². The van der Waals surface area contributed by atoms with Crippen molar-refractivity contribution in [2.75, 3.05) is 18.5 Å². The first-order chi connectivity index (χ1) is 14.3. The van der Waals surface area contributed by atoms with Gasteiger partial charge in [0.15, 0.2) is 5.16 Å². The summed E-state index contributed by atoms with van der Waals surface area (Å²) >= 11 is 1.46. The van der Waals surface area contributed by atoms with E-state index in [-0.39, 0.29) is 0 Å². The second-order valence-corrected chi connectivity index (χ2v) is 7.07. The molecule has 0 aliphatic carbocycles. The average Bonchev–Trinajstić information content (AvgIpc) is 3.22. The van der Waals surface area contributed by atoms with Gasteiger partial charge in [0, 0.05) is 11.9 Å². The summed E-state index contributed by atoms with van der Waals surface area (Å²) in [5.74, 6) is 3.07. The molecule has 7 nitrogen and oxygen atoms in total. The fourth-order valence-electron chi connectivity index (χ4n) is 2.90. The number of aromatic nitrogens is 4. The van der Waals surface area contributed by atoms with Crippen molar-refractivity contribution in [3.63, 3.8) is 0 Å². The number of rotatable bonds is 8. The molecule has 0 fully saturated rings. The maximum absolute atomic E-state index is 5.65. The highest BCUT2D eigenvalue weighted by molar-refractivity contribution is 7.98. The number of nitrogens with zero attached hydrogens (tertiary/aromatic N) is 4. The molecule has 2 heterocycles. The Morgan fingerprint density at radius 3 is 2.69 bits per heavy atom. The average molecular weight is 407 g/mol. The molecular weight excluding hydrogens is 386 g/mol. The third-order valence-corrected chi connectivity index (χ3v) is 4.98. The van der Waals surface area contributed by atoms with E-state index in [1.54, 1.807) is 0 Å². The van der Waals surface area contributed by atoms with E-state index in [2.05, 4.69) is 25.4 Å². The summed E-state index contributed by atoms with van der Waals surface area (Å²) in [4.78, 5) is 13.8. The lowest BCUT2D eigenvalue weighted by Crippen LogP contribution is -2.02. The van der Waals surface area contributed by atoms with Crippen molar-refractivity contribution in [3.8, 4) is 17.1 Å². The van der Waals surface area contributed by atoms with Gasteiger partial charge < -0.3 is 14.6 Å². The molecule has 0 saturated heterocycles. The second kappa shape index (κ2) is 8.91. The van der Waals surface area contributed by atoms with E-state index in [0.29, 0.717) is 29.2 Å². The Bertz CT molecular complexity index is 1120. The lowest BCUT2D eigenvalue weighted by atomic mass is 10.2. The molecular formula is C21H21N5O2S. The first-order valence-corrected chi connectivity index (χ1v) is 10.4. The summed E-state index contributed by atoms with van der Waals surface area (Å²) in [6.07, 6.45) is 0. The van der Waals surface area contributed by atoms with E-state index >= 15 is 0 Å². The molecule has 0 bridgehead atoms. The predicted octanol–water partition coefficient (Wildman–Crippen LogP) is 4.80. The first kappa shape index (κ1) is 19.2. The highest BCUT2D eigenvalue weighted by atomic mass is 32.2.